The van der Waals surface area contributed by atoms with Crippen LogP contribution in [0.3, 0.4) is 0 Å². The minimum absolute atomic E-state index is 0.00185. The van der Waals surface area contributed by atoms with E-state index >= 15 is 0 Å². The van der Waals surface area contributed by atoms with E-state index in [0.29, 0.717) is 0 Å². The van der Waals surface area contributed by atoms with Crippen LogP contribution in [0.25, 0.3) is 23.1 Å². The van der Waals surface area contributed by atoms with Crippen LogP contribution >= 0.6 is 0 Å². The monoisotopic (exact) mass is 430 g/mol. The molecule has 4 aromatic rings. The van der Waals surface area contributed by atoms with Gasteiger partial charge in [0.25, 0.3) is 5.89 Å². The van der Waals surface area contributed by atoms with Crippen LogP contribution in [-0.2, 0) is 0 Å². The van der Waals surface area contributed by atoms with Gasteiger partial charge in [-0.05, 0) is 18.2 Å². The smallest absolute Gasteiger partial charge is 0.388 e. The van der Waals surface area contributed by atoms with E-state index in [4.69, 9.17) is 10.3 Å². The molecule has 0 spiro atoms. The average molecular weight is 430 g/mol. The zero-order chi connectivity index (χ0) is 22.0. The third kappa shape index (κ3) is 4.66. The molecule has 0 unspecified atom stereocenters. The summed E-state index contributed by atoms with van der Waals surface area (Å²) in [5, 5.41) is 3.81. The summed E-state index contributed by atoms with van der Waals surface area (Å²) in [5.74, 6) is -0.333. The van der Waals surface area contributed by atoms with Gasteiger partial charge in [0, 0.05) is 25.0 Å². The molecule has 0 radical (unpaired) electrons. The Hall–Kier alpha value is -4.29. The third-order valence-corrected chi connectivity index (χ3v) is 3.91. The van der Waals surface area contributed by atoms with Crippen molar-refractivity contribution in [1.29, 1.82) is 0 Å². The fraction of sp³-hybridized carbons (Fsp3) is 0.111. The highest BCUT2D eigenvalue weighted by molar-refractivity contribution is 5.60. The number of hydrogen-bond acceptors (Lipinski definition) is 10. The molecule has 0 bridgehead atoms. The lowest BCUT2D eigenvalue weighted by atomic mass is 10.3. The second kappa shape index (κ2) is 7.85. The molecule has 3 aromatic heterocycles. The first kappa shape index (κ1) is 20.0. The lowest BCUT2D eigenvalue weighted by Gasteiger charge is -2.17. The first-order valence-corrected chi connectivity index (χ1v) is 8.65. The first-order chi connectivity index (χ1) is 14.8. The van der Waals surface area contributed by atoms with Crippen molar-refractivity contribution in [3.05, 3.63) is 48.7 Å². The molecule has 0 amide bonds. The molecule has 158 valence electrons. The largest absolute Gasteiger partial charge is 0.574 e. The van der Waals surface area contributed by atoms with E-state index in [1.807, 2.05) is 30.3 Å². The molecule has 4 rings (SSSR count). The van der Waals surface area contributed by atoms with E-state index in [-0.39, 0.29) is 35.0 Å². The van der Waals surface area contributed by atoms with Crippen molar-refractivity contribution in [2.75, 3.05) is 17.7 Å². The SMILES string of the molecule is CN(c1ccccc1)c1nc(N)nc(-c2noc(-c3ccc(OC(F)(F)F)nc3)n2)n1. The number of rotatable bonds is 5. The maximum Gasteiger partial charge on any atom is 0.574 e. The first-order valence-electron chi connectivity index (χ1n) is 8.65. The average Bonchev–Trinajstić information content (AvgIpc) is 3.23. The summed E-state index contributed by atoms with van der Waals surface area (Å²) in [6.07, 6.45) is -3.73. The second-order valence-corrected chi connectivity index (χ2v) is 6.07. The molecule has 3 heterocycles. The van der Waals surface area contributed by atoms with Crippen LogP contribution in [0.5, 0.6) is 5.88 Å². The van der Waals surface area contributed by atoms with Gasteiger partial charge in [0.2, 0.25) is 29.4 Å². The lowest BCUT2D eigenvalue weighted by molar-refractivity contribution is -0.276. The summed E-state index contributed by atoms with van der Waals surface area (Å²) in [5.41, 5.74) is 6.90. The number of para-hydroxylation sites is 1. The maximum atomic E-state index is 12.3. The van der Waals surface area contributed by atoms with Gasteiger partial charge in [0.15, 0.2) is 0 Å². The van der Waals surface area contributed by atoms with Crippen molar-refractivity contribution in [3.63, 3.8) is 0 Å². The molecule has 0 atom stereocenters. The normalized spacial score (nSPS) is 11.4. The Morgan fingerprint density at radius 3 is 2.42 bits per heavy atom. The molecule has 0 aliphatic carbocycles. The van der Waals surface area contributed by atoms with Gasteiger partial charge >= 0.3 is 6.36 Å². The van der Waals surface area contributed by atoms with Gasteiger partial charge in [-0.1, -0.05) is 23.4 Å². The zero-order valence-electron chi connectivity index (χ0n) is 15.8. The summed E-state index contributed by atoms with van der Waals surface area (Å²) in [6.45, 7) is 0. The molecular weight excluding hydrogens is 417 g/mol. The molecule has 13 heteroatoms. The zero-order valence-corrected chi connectivity index (χ0v) is 15.8. The number of anilines is 3. The van der Waals surface area contributed by atoms with Crippen molar-refractivity contribution in [1.82, 2.24) is 30.1 Å². The number of nitrogen functional groups attached to an aromatic ring is 1. The van der Waals surface area contributed by atoms with Crippen molar-refractivity contribution in [2.24, 2.45) is 0 Å². The summed E-state index contributed by atoms with van der Waals surface area (Å²) < 4.78 is 45.6. The second-order valence-electron chi connectivity index (χ2n) is 6.07. The highest BCUT2D eigenvalue weighted by Crippen LogP contribution is 2.26. The Morgan fingerprint density at radius 1 is 0.968 bits per heavy atom. The summed E-state index contributed by atoms with van der Waals surface area (Å²) in [7, 11) is 1.76. The van der Waals surface area contributed by atoms with Crippen molar-refractivity contribution in [3.8, 4) is 29.0 Å². The fourth-order valence-electron chi connectivity index (χ4n) is 2.52. The van der Waals surface area contributed by atoms with Gasteiger partial charge in [-0.15, -0.1) is 13.2 Å². The Morgan fingerprint density at radius 2 is 1.74 bits per heavy atom. The van der Waals surface area contributed by atoms with Crippen LogP contribution in [-0.4, -0.2) is 43.5 Å². The van der Waals surface area contributed by atoms with E-state index in [9.17, 15) is 13.2 Å². The molecule has 2 N–H and O–H groups in total. The molecular formula is C18H13F3N8O2. The standard InChI is InChI=1S/C18H13F3N8O2/c1-29(11-5-3-2-4-6-11)17-26-13(25-16(22)27-17)14-24-15(31-28-14)10-7-8-12(23-9-10)30-18(19,20)21/h2-9H,1H3,(H2,22,25,26,27). The third-order valence-electron chi connectivity index (χ3n) is 3.91. The van der Waals surface area contributed by atoms with E-state index in [0.717, 1.165) is 18.0 Å². The molecule has 0 saturated heterocycles. The number of nitrogens with zero attached hydrogens (tertiary/aromatic N) is 7. The Bertz CT molecular complexity index is 1180. The Labute approximate surface area is 172 Å². The van der Waals surface area contributed by atoms with Crippen LogP contribution in [0.1, 0.15) is 0 Å². The number of aromatic nitrogens is 6. The summed E-state index contributed by atoms with van der Waals surface area (Å²) in [4.78, 5) is 21.9. The molecule has 10 nitrogen and oxygen atoms in total. The van der Waals surface area contributed by atoms with Crippen molar-refractivity contribution in [2.45, 2.75) is 6.36 Å². The van der Waals surface area contributed by atoms with E-state index in [1.165, 1.54) is 6.07 Å². The predicted octanol–water partition coefficient (Wildman–Crippen LogP) is 3.23. The topological polar surface area (TPSA) is 129 Å². The van der Waals surface area contributed by atoms with Crippen LogP contribution in [0.15, 0.2) is 53.2 Å². The van der Waals surface area contributed by atoms with E-state index in [2.05, 4.69) is 34.8 Å². The number of ether oxygens (including phenoxy) is 1. The molecule has 0 aliphatic heterocycles. The Kier molecular flexibility index (Phi) is 5.07. The van der Waals surface area contributed by atoms with Crippen molar-refractivity contribution < 1.29 is 22.4 Å². The lowest BCUT2D eigenvalue weighted by Crippen LogP contribution is -2.17. The van der Waals surface area contributed by atoms with E-state index in [1.54, 1.807) is 11.9 Å². The minimum Gasteiger partial charge on any atom is -0.388 e. The molecule has 1 aromatic carbocycles. The number of halogens is 3. The van der Waals surface area contributed by atoms with Gasteiger partial charge in [0.05, 0.1) is 5.56 Å². The fourth-order valence-corrected chi connectivity index (χ4v) is 2.52. The van der Waals surface area contributed by atoms with Crippen LogP contribution < -0.4 is 15.4 Å². The highest BCUT2D eigenvalue weighted by atomic mass is 19.4. The molecule has 0 aliphatic rings. The van der Waals surface area contributed by atoms with Crippen molar-refractivity contribution >= 4 is 17.6 Å². The molecule has 0 fully saturated rings. The molecule has 0 saturated carbocycles. The van der Waals surface area contributed by atoms with Crippen LogP contribution in [0.4, 0.5) is 30.8 Å². The van der Waals surface area contributed by atoms with Gasteiger partial charge < -0.3 is 19.9 Å². The van der Waals surface area contributed by atoms with Gasteiger partial charge in [0.1, 0.15) is 0 Å². The summed E-state index contributed by atoms with van der Waals surface area (Å²) in [6, 6.07) is 11.7. The molecule has 31 heavy (non-hydrogen) atoms. The highest BCUT2D eigenvalue weighted by Gasteiger charge is 2.31. The van der Waals surface area contributed by atoms with Gasteiger partial charge in [-0.25, -0.2) is 4.98 Å². The minimum atomic E-state index is -4.84. The predicted molar refractivity (Wildman–Crippen MR) is 102 cm³/mol. The van der Waals surface area contributed by atoms with Gasteiger partial charge in [-0.3, -0.25) is 0 Å². The number of pyridine rings is 1. The number of alkyl halides is 3. The summed E-state index contributed by atoms with van der Waals surface area (Å²) >= 11 is 0. The Balaban J connectivity index is 1.60. The maximum absolute atomic E-state index is 12.3. The quantitative estimate of drug-likeness (QED) is 0.504. The number of hydrogen-bond donors (Lipinski definition) is 1. The van der Waals surface area contributed by atoms with Gasteiger partial charge in [-0.2, -0.15) is 19.9 Å². The van der Waals surface area contributed by atoms with E-state index < -0.39 is 12.2 Å². The number of nitrogens with two attached hydrogens (primary N) is 1. The van der Waals surface area contributed by atoms with Crippen LogP contribution in [0, 0.1) is 0 Å². The number of benzene rings is 1. The van der Waals surface area contributed by atoms with Crippen LogP contribution in [0.2, 0.25) is 0 Å².